The van der Waals surface area contributed by atoms with E-state index in [1.165, 1.54) is 37.7 Å². The van der Waals surface area contributed by atoms with E-state index < -0.39 is 0 Å². The van der Waals surface area contributed by atoms with Gasteiger partial charge in [0.15, 0.2) is 0 Å². The summed E-state index contributed by atoms with van der Waals surface area (Å²) in [5, 5.41) is 3.62. The molecule has 1 aromatic rings. The third-order valence-electron chi connectivity index (χ3n) is 5.40. The summed E-state index contributed by atoms with van der Waals surface area (Å²) < 4.78 is 5.44. The fraction of sp³-hybridized carbons (Fsp3) is 0.647. The number of hydrogen-bond acceptors (Lipinski definition) is 2. The average Bonchev–Trinajstić information content (AvgIpc) is 2.54. The van der Waals surface area contributed by atoms with Gasteiger partial charge in [0.25, 0.3) is 0 Å². The Kier molecular flexibility index (Phi) is 3.30. The van der Waals surface area contributed by atoms with Crippen molar-refractivity contribution in [1.82, 2.24) is 5.32 Å². The quantitative estimate of drug-likeness (QED) is 0.880. The Balaban J connectivity index is 2.13. The van der Waals surface area contributed by atoms with Gasteiger partial charge >= 0.3 is 0 Å². The van der Waals surface area contributed by atoms with Gasteiger partial charge < -0.3 is 10.1 Å². The molecule has 1 unspecified atom stereocenters. The van der Waals surface area contributed by atoms with E-state index in [0.29, 0.717) is 6.04 Å². The van der Waals surface area contributed by atoms with E-state index in [9.17, 15) is 0 Å². The highest BCUT2D eigenvalue weighted by atomic mass is 16.5. The van der Waals surface area contributed by atoms with Gasteiger partial charge in [0.2, 0.25) is 0 Å². The van der Waals surface area contributed by atoms with E-state index >= 15 is 0 Å². The first-order chi connectivity index (χ1) is 9.19. The Hall–Kier alpha value is -1.02. The molecule has 104 valence electrons. The number of methoxy groups -OCH3 is 1. The molecule has 1 N–H and O–H groups in total. The molecule has 1 fully saturated rings. The average molecular weight is 259 g/mol. The van der Waals surface area contributed by atoms with Gasteiger partial charge in [-0.25, -0.2) is 0 Å². The zero-order valence-corrected chi connectivity index (χ0v) is 12.3. The molecule has 3 rings (SSSR count). The normalized spacial score (nSPS) is 33.4. The molecule has 0 amide bonds. The summed E-state index contributed by atoms with van der Waals surface area (Å²) in [5.41, 5.74) is 3.32. The third kappa shape index (κ3) is 1.97. The smallest absolute Gasteiger partial charge is 0.119 e. The van der Waals surface area contributed by atoms with Crippen LogP contribution in [0.1, 0.15) is 43.7 Å². The maximum absolute atomic E-state index is 5.44. The second-order valence-corrected chi connectivity index (χ2v) is 6.42. The minimum atomic E-state index is 0.262. The predicted octanol–water partition coefficient (Wildman–Crippen LogP) is 3.29. The van der Waals surface area contributed by atoms with Crippen molar-refractivity contribution in [3.63, 3.8) is 0 Å². The standard InChI is InChI=1S/C17H25NO/c1-17-9-5-4-6-13(16(17)18-2)10-12-7-8-14(19-3)11-15(12)17/h7-8,11,13,16,18H,4-6,9-10H2,1-3H3/t13?,16-,17-/m1/s1. The SMILES string of the molecule is CN[C@@H]1C2CCCC[C@]1(C)c1cc(OC)ccc1C2. The van der Waals surface area contributed by atoms with Gasteiger partial charge in [0.1, 0.15) is 5.75 Å². The van der Waals surface area contributed by atoms with Crippen LogP contribution in [0.2, 0.25) is 0 Å². The van der Waals surface area contributed by atoms with Crippen molar-refractivity contribution >= 4 is 0 Å². The Morgan fingerprint density at radius 1 is 1.32 bits per heavy atom. The number of rotatable bonds is 2. The third-order valence-corrected chi connectivity index (χ3v) is 5.40. The predicted molar refractivity (Wildman–Crippen MR) is 78.9 cm³/mol. The topological polar surface area (TPSA) is 21.3 Å². The number of nitrogens with one attached hydrogen (secondary N) is 1. The van der Waals surface area contributed by atoms with E-state index in [-0.39, 0.29) is 5.41 Å². The maximum atomic E-state index is 5.44. The molecule has 19 heavy (non-hydrogen) atoms. The fourth-order valence-corrected chi connectivity index (χ4v) is 4.49. The molecule has 0 aromatic heterocycles. The van der Waals surface area contributed by atoms with Crippen LogP contribution in [0.3, 0.4) is 0 Å². The van der Waals surface area contributed by atoms with Crippen molar-refractivity contribution in [1.29, 1.82) is 0 Å². The molecule has 2 bridgehead atoms. The fourth-order valence-electron chi connectivity index (χ4n) is 4.49. The minimum absolute atomic E-state index is 0.262. The molecule has 1 aromatic carbocycles. The lowest BCUT2D eigenvalue weighted by atomic mass is 9.63. The summed E-state index contributed by atoms with van der Waals surface area (Å²) in [5.74, 6) is 1.79. The van der Waals surface area contributed by atoms with E-state index in [1.807, 2.05) is 0 Å². The maximum Gasteiger partial charge on any atom is 0.119 e. The first-order valence-electron chi connectivity index (χ1n) is 7.53. The first-order valence-corrected chi connectivity index (χ1v) is 7.53. The molecular formula is C17H25NO. The van der Waals surface area contributed by atoms with Gasteiger partial charge in [-0.3, -0.25) is 0 Å². The van der Waals surface area contributed by atoms with E-state index in [2.05, 4.69) is 37.5 Å². The Morgan fingerprint density at radius 3 is 2.89 bits per heavy atom. The van der Waals surface area contributed by atoms with Gasteiger partial charge in [-0.1, -0.05) is 25.8 Å². The van der Waals surface area contributed by atoms with Crippen LogP contribution >= 0.6 is 0 Å². The number of benzene rings is 1. The molecule has 2 aliphatic carbocycles. The number of likely N-dealkylation sites (N-methyl/N-ethyl adjacent to an activating group) is 1. The molecule has 2 heteroatoms. The van der Waals surface area contributed by atoms with E-state index in [1.54, 1.807) is 12.7 Å². The first kappa shape index (κ1) is 13.0. The second kappa shape index (κ2) is 4.82. The summed E-state index contributed by atoms with van der Waals surface area (Å²) in [6.07, 6.45) is 6.60. The Morgan fingerprint density at radius 2 is 2.16 bits per heavy atom. The zero-order valence-electron chi connectivity index (χ0n) is 12.3. The molecule has 0 spiro atoms. The van der Waals surface area contributed by atoms with Crippen molar-refractivity contribution in [3.8, 4) is 5.75 Å². The summed E-state index contributed by atoms with van der Waals surface area (Å²) >= 11 is 0. The van der Waals surface area contributed by atoms with Crippen molar-refractivity contribution < 1.29 is 4.74 Å². The van der Waals surface area contributed by atoms with Crippen LogP contribution in [0.4, 0.5) is 0 Å². The molecule has 1 saturated carbocycles. The minimum Gasteiger partial charge on any atom is -0.497 e. The number of fused-ring (bicyclic) bond motifs is 4. The highest BCUT2D eigenvalue weighted by Gasteiger charge is 2.45. The van der Waals surface area contributed by atoms with Crippen LogP contribution in [-0.2, 0) is 11.8 Å². The molecule has 0 aliphatic heterocycles. The van der Waals surface area contributed by atoms with Gasteiger partial charge in [-0.15, -0.1) is 0 Å². The second-order valence-electron chi connectivity index (χ2n) is 6.42. The highest BCUT2D eigenvalue weighted by molar-refractivity contribution is 5.44. The van der Waals surface area contributed by atoms with Crippen molar-refractivity contribution in [2.45, 2.75) is 50.5 Å². The van der Waals surface area contributed by atoms with Crippen molar-refractivity contribution in [2.75, 3.05) is 14.2 Å². The van der Waals surface area contributed by atoms with Crippen LogP contribution in [-0.4, -0.2) is 20.2 Å². The van der Waals surface area contributed by atoms with Gasteiger partial charge in [-0.05, 0) is 55.5 Å². The lowest BCUT2D eigenvalue weighted by molar-refractivity contribution is 0.220. The Labute approximate surface area is 116 Å². The summed E-state index contributed by atoms with van der Waals surface area (Å²) in [7, 11) is 3.89. The number of ether oxygens (including phenoxy) is 1. The van der Waals surface area contributed by atoms with Crippen molar-refractivity contribution in [3.05, 3.63) is 29.3 Å². The van der Waals surface area contributed by atoms with Gasteiger partial charge in [0, 0.05) is 11.5 Å². The van der Waals surface area contributed by atoms with Gasteiger partial charge in [-0.2, -0.15) is 0 Å². The molecular weight excluding hydrogens is 234 g/mol. The van der Waals surface area contributed by atoms with E-state index in [4.69, 9.17) is 4.74 Å². The van der Waals surface area contributed by atoms with Crippen LogP contribution in [0, 0.1) is 5.92 Å². The van der Waals surface area contributed by atoms with Gasteiger partial charge in [0.05, 0.1) is 7.11 Å². The molecule has 2 nitrogen and oxygen atoms in total. The highest BCUT2D eigenvalue weighted by Crippen LogP contribution is 2.47. The summed E-state index contributed by atoms with van der Waals surface area (Å²) in [6.45, 7) is 2.45. The van der Waals surface area contributed by atoms with Crippen LogP contribution < -0.4 is 10.1 Å². The zero-order chi connectivity index (χ0) is 13.5. The molecule has 0 radical (unpaired) electrons. The molecule has 3 atom stereocenters. The summed E-state index contributed by atoms with van der Waals surface area (Å²) in [4.78, 5) is 0. The van der Waals surface area contributed by atoms with E-state index in [0.717, 1.165) is 11.7 Å². The largest absolute Gasteiger partial charge is 0.497 e. The monoisotopic (exact) mass is 259 g/mol. The van der Waals surface area contributed by atoms with Crippen LogP contribution in [0.25, 0.3) is 0 Å². The Bertz CT molecular complexity index is 470. The van der Waals surface area contributed by atoms with Crippen LogP contribution in [0.5, 0.6) is 5.75 Å². The summed E-state index contributed by atoms with van der Waals surface area (Å²) in [6, 6.07) is 7.29. The lowest BCUT2D eigenvalue weighted by Crippen LogP contribution is -2.52. The number of hydrogen-bond donors (Lipinski definition) is 1. The lowest BCUT2D eigenvalue weighted by Gasteiger charge is -2.46. The molecule has 2 aliphatic rings. The molecule has 0 heterocycles. The van der Waals surface area contributed by atoms with Crippen LogP contribution in [0.15, 0.2) is 18.2 Å². The van der Waals surface area contributed by atoms with Crippen molar-refractivity contribution in [2.24, 2.45) is 5.92 Å². The molecule has 0 saturated heterocycles.